The molecule has 0 aliphatic heterocycles. The van der Waals surface area contributed by atoms with E-state index in [1.807, 2.05) is 45.9 Å². The Morgan fingerprint density at radius 3 is 2.36 bits per heavy atom. The van der Waals surface area contributed by atoms with E-state index in [1.54, 1.807) is 19.2 Å². The lowest BCUT2D eigenvalue weighted by Gasteiger charge is -2.25. The van der Waals surface area contributed by atoms with Gasteiger partial charge >= 0.3 is 5.97 Å². The van der Waals surface area contributed by atoms with Crippen LogP contribution in [0.25, 0.3) is 11.3 Å². The van der Waals surface area contributed by atoms with Crippen LogP contribution in [0.4, 0.5) is 4.39 Å². The van der Waals surface area contributed by atoms with E-state index in [9.17, 15) is 19.5 Å². The Morgan fingerprint density at radius 1 is 1.11 bits per heavy atom. The van der Waals surface area contributed by atoms with Gasteiger partial charge in [-0.25, -0.2) is 4.39 Å². The second kappa shape index (κ2) is 11.3. The number of carboxylic acids is 1. The number of aromatic nitrogens is 2. The summed E-state index contributed by atoms with van der Waals surface area (Å²) in [7, 11) is 0. The molecule has 2 heterocycles. The fourth-order valence-corrected chi connectivity index (χ4v) is 4.40. The molecule has 0 fully saturated rings. The summed E-state index contributed by atoms with van der Waals surface area (Å²) >= 11 is 0. The third-order valence-electron chi connectivity index (χ3n) is 6.13. The van der Waals surface area contributed by atoms with Crippen molar-refractivity contribution >= 4 is 11.9 Å². The summed E-state index contributed by atoms with van der Waals surface area (Å²) in [5, 5.41) is 12.3. The van der Waals surface area contributed by atoms with E-state index in [2.05, 4.69) is 10.3 Å². The molecule has 3 rings (SSSR count). The zero-order valence-corrected chi connectivity index (χ0v) is 21.2. The minimum atomic E-state index is -1.20. The molecule has 36 heavy (non-hydrogen) atoms. The Kier molecular flexibility index (Phi) is 8.40. The van der Waals surface area contributed by atoms with E-state index in [0.29, 0.717) is 12.1 Å². The van der Waals surface area contributed by atoms with Gasteiger partial charge in [-0.2, -0.15) is 0 Å². The Morgan fingerprint density at radius 2 is 1.78 bits per heavy atom. The van der Waals surface area contributed by atoms with Gasteiger partial charge in [-0.1, -0.05) is 32.0 Å². The van der Waals surface area contributed by atoms with Gasteiger partial charge in [0.2, 0.25) is 5.91 Å². The Balaban J connectivity index is 2.04. The highest BCUT2D eigenvalue weighted by molar-refractivity contribution is 5.82. The van der Waals surface area contributed by atoms with E-state index in [-0.39, 0.29) is 17.0 Å². The lowest BCUT2D eigenvalue weighted by atomic mass is 9.95. The van der Waals surface area contributed by atoms with Crippen LogP contribution >= 0.6 is 0 Å². The maximum Gasteiger partial charge on any atom is 0.305 e. The van der Waals surface area contributed by atoms with Crippen molar-refractivity contribution in [2.24, 2.45) is 5.92 Å². The molecule has 0 spiro atoms. The highest BCUT2D eigenvalue weighted by Crippen LogP contribution is 2.30. The van der Waals surface area contributed by atoms with E-state index in [1.165, 1.54) is 16.7 Å². The van der Waals surface area contributed by atoms with Gasteiger partial charge in [-0.15, -0.1) is 0 Å². The third-order valence-corrected chi connectivity index (χ3v) is 6.13. The van der Waals surface area contributed by atoms with Gasteiger partial charge in [0.25, 0.3) is 5.56 Å². The summed E-state index contributed by atoms with van der Waals surface area (Å²) in [5.41, 5.74) is 3.64. The van der Waals surface area contributed by atoms with Gasteiger partial charge in [0.15, 0.2) is 0 Å². The molecule has 1 aromatic carbocycles. The molecule has 0 unspecified atom stereocenters. The van der Waals surface area contributed by atoms with Crippen molar-refractivity contribution in [2.45, 2.75) is 59.5 Å². The normalized spacial score (nSPS) is 12.9. The van der Waals surface area contributed by atoms with Crippen LogP contribution in [-0.4, -0.2) is 26.5 Å². The zero-order chi connectivity index (χ0) is 26.6. The summed E-state index contributed by atoms with van der Waals surface area (Å²) in [5.74, 6) is -2.39. The molecule has 0 aliphatic carbocycles. The number of nitrogens with zero attached hydrogens (tertiary/aromatic N) is 2. The molecule has 1 amide bonds. The maximum absolute atomic E-state index is 15.0. The Bertz CT molecular complexity index is 1310. The van der Waals surface area contributed by atoms with Crippen molar-refractivity contribution in [3.8, 4) is 11.3 Å². The number of carbonyl (C=O) groups is 2. The zero-order valence-electron chi connectivity index (χ0n) is 21.2. The molecule has 2 aromatic heterocycles. The second-order valence-corrected chi connectivity index (χ2v) is 9.61. The van der Waals surface area contributed by atoms with Crippen molar-refractivity contribution in [3.05, 3.63) is 87.2 Å². The van der Waals surface area contributed by atoms with E-state index >= 15 is 4.39 Å². The number of pyridine rings is 2. The third kappa shape index (κ3) is 6.24. The molecule has 0 saturated carbocycles. The number of nitrogens with one attached hydrogen (secondary N) is 1. The topological polar surface area (TPSA) is 101 Å². The first-order valence-corrected chi connectivity index (χ1v) is 11.9. The predicted octanol–water partition coefficient (Wildman–Crippen LogP) is 4.89. The molecule has 2 N–H and O–H groups in total. The molecule has 0 radical (unpaired) electrons. The van der Waals surface area contributed by atoms with Crippen LogP contribution in [0.2, 0.25) is 0 Å². The van der Waals surface area contributed by atoms with Crippen molar-refractivity contribution in [1.29, 1.82) is 0 Å². The van der Waals surface area contributed by atoms with Crippen LogP contribution in [0.1, 0.15) is 61.0 Å². The van der Waals surface area contributed by atoms with Crippen LogP contribution in [0.5, 0.6) is 0 Å². The monoisotopic (exact) mass is 493 g/mol. The fourth-order valence-electron chi connectivity index (χ4n) is 4.40. The van der Waals surface area contributed by atoms with Crippen LogP contribution in [0.3, 0.4) is 0 Å². The number of aliphatic carboxylic acids is 1. The standard InChI is InChI=1S/C28H32FN3O4/c1-16(2)11-24(32-10-9-17(3)12-25(32)33)28(36)31-22(14-26(34)35)20-13-23(30-15-21(20)29)27-18(4)7-6-8-19(27)5/h6-10,12-13,15-16,22,24H,11,14H2,1-5H3,(H,31,36)(H,34,35)/t22-,24+/m1/s1. The molecular formula is C28H32FN3O4. The maximum atomic E-state index is 15.0. The van der Waals surface area contributed by atoms with Gasteiger partial charge in [0.05, 0.1) is 24.4 Å². The molecular weight excluding hydrogens is 461 g/mol. The predicted molar refractivity (Wildman–Crippen MR) is 136 cm³/mol. The molecule has 7 nitrogen and oxygen atoms in total. The number of aryl methyl sites for hydroxylation is 3. The number of hydrogen-bond acceptors (Lipinski definition) is 4. The van der Waals surface area contributed by atoms with Crippen LogP contribution in [0, 0.1) is 32.5 Å². The largest absolute Gasteiger partial charge is 0.481 e. The lowest BCUT2D eigenvalue weighted by molar-refractivity contribution is -0.138. The van der Waals surface area contributed by atoms with E-state index in [4.69, 9.17) is 0 Å². The number of rotatable bonds is 9. The van der Waals surface area contributed by atoms with Crippen molar-refractivity contribution in [1.82, 2.24) is 14.9 Å². The average molecular weight is 494 g/mol. The number of amides is 1. The van der Waals surface area contributed by atoms with Gasteiger partial charge < -0.3 is 15.0 Å². The molecule has 3 aromatic rings. The lowest BCUT2D eigenvalue weighted by Crippen LogP contribution is -2.40. The quantitative estimate of drug-likeness (QED) is 0.442. The number of hydrogen-bond donors (Lipinski definition) is 2. The fraction of sp³-hybridized carbons (Fsp3) is 0.357. The molecule has 0 saturated heterocycles. The molecule has 0 bridgehead atoms. The van der Waals surface area contributed by atoms with E-state index < -0.39 is 36.2 Å². The first kappa shape index (κ1) is 26.8. The highest BCUT2D eigenvalue weighted by Gasteiger charge is 2.28. The Labute approximate surface area is 210 Å². The average Bonchev–Trinajstić information content (AvgIpc) is 2.78. The number of benzene rings is 1. The molecule has 0 aliphatic rings. The number of halogens is 1. The van der Waals surface area contributed by atoms with Gasteiger partial charge in [-0.3, -0.25) is 19.4 Å². The van der Waals surface area contributed by atoms with Gasteiger partial charge in [0.1, 0.15) is 11.9 Å². The molecule has 8 heteroatoms. The summed E-state index contributed by atoms with van der Waals surface area (Å²) < 4.78 is 16.4. The summed E-state index contributed by atoms with van der Waals surface area (Å²) in [6, 6.07) is 8.38. The molecule has 2 atom stereocenters. The van der Waals surface area contributed by atoms with Crippen LogP contribution < -0.4 is 10.9 Å². The first-order valence-electron chi connectivity index (χ1n) is 11.9. The first-order chi connectivity index (χ1) is 17.0. The van der Waals surface area contributed by atoms with Crippen molar-refractivity contribution < 1.29 is 19.1 Å². The van der Waals surface area contributed by atoms with Crippen LogP contribution in [0.15, 0.2) is 53.6 Å². The number of carboxylic acid groups (broad SMARTS) is 1. The second-order valence-electron chi connectivity index (χ2n) is 9.61. The summed E-state index contributed by atoms with van der Waals surface area (Å²) in [6.45, 7) is 9.46. The van der Waals surface area contributed by atoms with Gasteiger partial charge in [0, 0.05) is 23.4 Å². The minimum Gasteiger partial charge on any atom is -0.481 e. The Hall–Kier alpha value is -3.81. The molecule has 190 valence electrons. The summed E-state index contributed by atoms with van der Waals surface area (Å²) in [4.78, 5) is 42.0. The smallest absolute Gasteiger partial charge is 0.305 e. The summed E-state index contributed by atoms with van der Waals surface area (Å²) in [6.07, 6.45) is 2.42. The van der Waals surface area contributed by atoms with Crippen molar-refractivity contribution in [3.63, 3.8) is 0 Å². The van der Waals surface area contributed by atoms with Crippen molar-refractivity contribution in [2.75, 3.05) is 0 Å². The number of carbonyl (C=O) groups excluding carboxylic acids is 1. The SMILES string of the molecule is Cc1ccn([C@@H](CC(C)C)C(=O)N[C@H](CC(=O)O)c2cc(-c3c(C)cccc3C)ncc2F)c(=O)c1. The van der Waals surface area contributed by atoms with E-state index in [0.717, 1.165) is 28.5 Å². The minimum absolute atomic E-state index is 0.0259. The van der Waals surface area contributed by atoms with Gasteiger partial charge in [-0.05, 0) is 61.9 Å². The highest BCUT2D eigenvalue weighted by atomic mass is 19.1. The van der Waals surface area contributed by atoms with Crippen LogP contribution in [-0.2, 0) is 9.59 Å².